The minimum atomic E-state index is -0.147. The van der Waals surface area contributed by atoms with Gasteiger partial charge in [0, 0.05) is 38.3 Å². The molecule has 1 saturated heterocycles. The van der Waals surface area contributed by atoms with Crippen molar-refractivity contribution in [3.63, 3.8) is 0 Å². The molecule has 1 aliphatic rings. The first-order valence-electron chi connectivity index (χ1n) is 9.06. The Labute approximate surface area is 150 Å². The van der Waals surface area contributed by atoms with Gasteiger partial charge in [-0.3, -0.25) is 4.79 Å². The third kappa shape index (κ3) is 6.74. The second kappa shape index (κ2) is 9.42. The lowest BCUT2D eigenvalue weighted by Crippen LogP contribution is -2.45. The van der Waals surface area contributed by atoms with Crippen LogP contribution < -0.4 is 16.0 Å². The van der Waals surface area contributed by atoms with Crippen LogP contribution in [0.5, 0.6) is 0 Å². The molecule has 0 bridgehead atoms. The van der Waals surface area contributed by atoms with Crippen molar-refractivity contribution in [3.05, 3.63) is 29.8 Å². The highest BCUT2D eigenvalue weighted by Gasteiger charge is 2.21. The van der Waals surface area contributed by atoms with E-state index in [4.69, 9.17) is 0 Å². The number of likely N-dealkylation sites (tertiary alicyclic amines) is 1. The van der Waals surface area contributed by atoms with Gasteiger partial charge in [0.25, 0.3) is 0 Å². The van der Waals surface area contributed by atoms with Crippen molar-refractivity contribution in [1.29, 1.82) is 0 Å². The maximum atomic E-state index is 12.0. The molecule has 3 amide bonds. The van der Waals surface area contributed by atoms with Crippen LogP contribution in [0, 0.1) is 5.92 Å². The van der Waals surface area contributed by atoms with E-state index < -0.39 is 0 Å². The number of nitrogens with one attached hydrogen (secondary N) is 3. The molecule has 1 fully saturated rings. The fraction of sp³-hybridized carbons (Fsp3) is 0.579. The highest BCUT2D eigenvalue weighted by atomic mass is 16.2. The topological polar surface area (TPSA) is 73.5 Å². The summed E-state index contributed by atoms with van der Waals surface area (Å²) < 4.78 is 0. The predicted molar refractivity (Wildman–Crippen MR) is 100 cm³/mol. The summed E-state index contributed by atoms with van der Waals surface area (Å²) in [5.74, 6) is 0.413. The Morgan fingerprint density at radius 1 is 1.28 bits per heavy atom. The third-order valence-electron chi connectivity index (χ3n) is 4.53. The number of carbonyl (C=O) groups is 2. The van der Waals surface area contributed by atoms with E-state index in [9.17, 15) is 9.59 Å². The zero-order chi connectivity index (χ0) is 18.2. The molecule has 6 nitrogen and oxygen atoms in total. The molecule has 138 valence electrons. The van der Waals surface area contributed by atoms with Gasteiger partial charge < -0.3 is 20.9 Å². The molecule has 2 rings (SSSR count). The molecule has 1 aromatic rings. The van der Waals surface area contributed by atoms with E-state index in [0.29, 0.717) is 25.0 Å². The largest absolute Gasteiger partial charge is 0.338 e. The van der Waals surface area contributed by atoms with Gasteiger partial charge >= 0.3 is 6.03 Å². The van der Waals surface area contributed by atoms with Gasteiger partial charge in [0.15, 0.2) is 0 Å². The zero-order valence-corrected chi connectivity index (χ0v) is 15.5. The standard InChI is InChI=1S/C19H30N4O2/c1-14(2)23-9-5-7-17(13-23)12-21-19(25)20-11-16-6-4-8-18(10-16)22-15(3)24/h4,6,8,10,14,17H,5,7,9,11-13H2,1-3H3,(H,22,24)(H2,20,21,25)/t17-/m0/s1. The minimum absolute atomic E-state index is 0.106. The summed E-state index contributed by atoms with van der Waals surface area (Å²) in [5, 5.41) is 8.60. The van der Waals surface area contributed by atoms with Gasteiger partial charge in [0.05, 0.1) is 0 Å². The molecule has 1 heterocycles. The van der Waals surface area contributed by atoms with Crippen molar-refractivity contribution in [2.24, 2.45) is 5.92 Å². The summed E-state index contributed by atoms with van der Waals surface area (Å²) in [6.45, 7) is 9.27. The first-order valence-corrected chi connectivity index (χ1v) is 9.06. The van der Waals surface area contributed by atoms with Gasteiger partial charge in [0.2, 0.25) is 5.91 Å². The normalized spacial score (nSPS) is 18.0. The summed E-state index contributed by atoms with van der Waals surface area (Å²) in [7, 11) is 0. The van der Waals surface area contributed by atoms with Crippen LogP contribution in [0.25, 0.3) is 0 Å². The van der Waals surface area contributed by atoms with E-state index in [1.807, 2.05) is 24.3 Å². The molecular formula is C19H30N4O2. The summed E-state index contributed by atoms with van der Waals surface area (Å²) in [4.78, 5) is 25.6. The number of amides is 3. The molecule has 1 atom stereocenters. The number of piperidine rings is 1. The quantitative estimate of drug-likeness (QED) is 0.741. The average Bonchev–Trinajstić information content (AvgIpc) is 2.58. The zero-order valence-electron chi connectivity index (χ0n) is 15.5. The van der Waals surface area contributed by atoms with Crippen LogP contribution in [0.2, 0.25) is 0 Å². The van der Waals surface area contributed by atoms with Gasteiger partial charge in [-0.05, 0) is 56.8 Å². The Morgan fingerprint density at radius 2 is 2.08 bits per heavy atom. The average molecular weight is 346 g/mol. The molecule has 0 radical (unpaired) electrons. The van der Waals surface area contributed by atoms with Crippen LogP contribution in [0.4, 0.5) is 10.5 Å². The summed E-state index contributed by atoms with van der Waals surface area (Å²) in [6, 6.07) is 7.90. The minimum Gasteiger partial charge on any atom is -0.338 e. The van der Waals surface area contributed by atoms with Crippen molar-refractivity contribution in [2.75, 3.05) is 25.0 Å². The number of rotatable bonds is 6. The van der Waals surface area contributed by atoms with Crippen molar-refractivity contribution < 1.29 is 9.59 Å². The Balaban J connectivity index is 1.73. The predicted octanol–water partition coefficient (Wildman–Crippen LogP) is 2.56. The Kier molecular flexibility index (Phi) is 7.25. The summed E-state index contributed by atoms with van der Waals surface area (Å²) in [5.41, 5.74) is 1.69. The Bertz CT molecular complexity index is 589. The lowest BCUT2D eigenvalue weighted by molar-refractivity contribution is -0.114. The van der Waals surface area contributed by atoms with Crippen LogP contribution in [0.3, 0.4) is 0 Å². The van der Waals surface area contributed by atoms with E-state index in [2.05, 4.69) is 34.7 Å². The molecule has 0 spiro atoms. The number of anilines is 1. The third-order valence-corrected chi connectivity index (χ3v) is 4.53. The molecule has 0 unspecified atom stereocenters. The van der Waals surface area contributed by atoms with Crippen molar-refractivity contribution >= 4 is 17.6 Å². The lowest BCUT2D eigenvalue weighted by atomic mass is 9.97. The smallest absolute Gasteiger partial charge is 0.315 e. The van der Waals surface area contributed by atoms with Gasteiger partial charge in [-0.2, -0.15) is 0 Å². The van der Waals surface area contributed by atoms with Crippen molar-refractivity contribution in [1.82, 2.24) is 15.5 Å². The molecule has 1 aliphatic heterocycles. The molecular weight excluding hydrogens is 316 g/mol. The molecule has 25 heavy (non-hydrogen) atoms. The van der Waals surface area contributed by atoms with Crippen LogP contribution >= 0.6 is 0 Å². The fourth-order valence-corrected chi connectivity index (χ4v) is 3.18. The van der Waals surface area contributed by atoms with E-state index in [-0.39, 0.29) is 11.9 Å². The highest BCUT2D eigenvalue weighted by Crippen LogP contribution is 2.17. The first-order chi connectivity index (χ1) is 11.9. The highest BCUT2D eigenvalue weighted by molar-refractivity contribution is 5.88. The molecule has 0 saturated carbocycles. The number of carbonyl (C=O) groups excluding carboxylic acids is 2. The van der Waals surface area contributed by atoms with Crippen LogP contribution in [0.15, 0.2) is 24.3 Å². The summed E-state index contributed by atoms with van der Waals surface area (Å²) in [6.07, 6.45) is 2.37. The number of nitrogens with zero attached hydrogens (tertiary/aromatic N) is 1. The van der Waals surface area contributed by atoms with Gasteiger partial charge in [0.1, 0.15) is 0 Å². The van der Waals surface area contributed by atoms with E-state index in [0.717, 1.165) is 24.3 Å². The SMILES string of the molecule is CC(=O)Nc1cccc(CNC(=O)NC[C@@H]2CCCN(C(C)C)C2)c1. The van der Waals surface area contributed by atoms with Gasteiger partial charge in [-0.15, -0.1) is 0 Å². The maximum absolute atomic E-state index is 12.0. The van der Waals surface area contributed by atoms with Crippen LogP contribution in [-0.4, -0.2) is 42.5 Å². The van der Waals surface area contributed by atoms with Gasteiger partial charge in [-0.1, -0.05) is 12.1 Å². The maximum Gasteiger partial charge on any atom is 0.315 e. The molecule has 6 heteroatoms. The first kappa shape index (κ1) is 19.2. The monoisotopic (exact) mass is 346 g/mol. The number of hydrogen-bond acceptors (Lipinski definition) is 3. The molecule has 3 N–H and O–H groups in total. The molecule has 1 aromatic carbocycles. The van der Waals surface area contributed by atoms with Crippen molar-refractivity contribution in [3.8, 4) is 0 Å². The molecule has 0 aliphatic carbocycles. The Morgan fingerprint density at radius 3 is 2.80 bits per heavy atom. The number of urea groups is 1. The number of hydrogen-bond donors (Lipinski definition) is 3. The van der Waals surface area contributed by atoms with Gasteiger partial charge in [-0.25, -0.2) is 4.79 Å². The second-order valence-electron chi connectivity index (χ2n) is 7.04. The van der Waals surface area contributed by atoms with E-state index in [1.54, 1.807) is 0 Å². The van der Waals surface area contributed by atoms with Crippen LogP contribution in [0.1, 0.15) is 39.2 Å². The van der Waals surface area contributed by atoms with Crippen molar-refractivity contribution in [2.45, 2.75) is 46.2 Å². The number of benzene rings is 1. The summed E-state index contributed by atoms with van der Waals surface area (Å²) >= 11 is 0. The Hall–Kier alpha value is -2.08. The van der Waals surface area contributed by atoms with E-state index >= 15 is 0 Å². The van der Waals surface area contributed by atoms with Crippen LogP contribution in [-0.2, 0) is 11.3 Å². The van der Waals surface area contributed by atoms with E-state index in [1.165, 1.54) is 19.8 Å². The fourth-order valence-electron chi connectivity index (χ4n) is 3.18. The molecule has 0 aromatic heterocycles. The second-order valence-corrected chi connectivity index (χ2v) is 7.04. The lowest BCUT2D eigenvalue weighted by Gasteiger charge is -2.35.